The van der Waals surface area contributed by atoms with E-state index < -0.39 is 0 Å². The third-order valence-corrected chi connectivity index (χ3v) is 0.952. The normalized spacial score (nSPS) is 13.6. The minimum absolute atomic E-state index is 0.356. The Kier molecular flexibility index (Phi) is 3.67. The lowest BCUT2D eigenvalue weighted by molar-refractivity contribution is 0.870. The number of nitrogens with two attached hydrogens (primary N) is 1. The van der Waals surface area contributed by atoms with Gasteiger partial charge in [0.05, 0.1) is 6.34 Å². The summed E-state index contributed by atoms with van der Waals surface area (Å²) in [5.74, 6) is 1.15. The van der Waals surface area contributed by atoms with Crippen LogP contribution in [0.1, 0.15) is 13.8 Å². The first-order valence-electron chi connectivity index (χ1n) is 2.93. The van der Waals surface area contributed by atoms with E-state index in [1.807, 2.05) is 13.8 Å². The highest BCUT2D eigenvalue weighted by atomic mass is 14.9. The highest BCUT2D eigenvalue weighted by molar-refractivity contribution is 5.89. The van der Waals surface area contributed by atoms with Gasteiger partial charge in [-0.2, -0.15) is 0 Å². The predicted octanol–water partition coefficient (Wildman–Crippen LogP) is 0.658. The van der Waals surface area contributed by atoms with Gasteiger partial charge in [0.1, 0.15) is 5.84 Å². The highest BCUT2D eigenvalue weighted by Crippen LogP contribution is 1.96. The van der Waals surface area contributed by atoms with Crippen LogP contribution in [0.4, 0.5) is 0 Å². The molecule has 0 aromatic carbocycles. The first kappa shape index (κ1) is 8.14. The van der Waals surface area contributed by atoms with E-state index in [1.165, 1.54) is 6.34 Å². The molecular formula is C6H13N3. The second kappa shape index (κ2) is 4.06. The zero-order valence-electron chi connectivity index (χ0n) is 6.13. The van der Waals surface area contributed by atoms with Crippen molar-refractivity contribution in [2.45, 2.75) is 13.8 Å². The van der Waals surface area contributed by atoms with Gasteiger partial charge >= 0.3 is 0 Å². The van der Waals surface area contributed by atoms with E-state index in [4.69, 9.17) is 5.73 Å². The molecular weight excluding hydrogens is 114 g/mol. The molecule has 0 aromatic rings. The summed E-state index contributed by atoms with van der Waals surface area (Å²) < 4.78 is 0. The van der Waals surface area contributed by atoms with E-state index in [1.54, 1.807) is 7.05 Å². The molecule has 0 saturated heterocycles. The lowest BCUT2D eigenvalue weighted by Crippen LogP contribution is -2.06. The molecule has 0 amide bonds. The van der Waals surface area contributed by atoms with Crippen LogP contribution < -0.4 is 5.73 Å². The molecule has 0 unspecified atom stereocenters. The number of hydrogen-bond acceptors (Lipinski definition) is 1. The molecule has 0 atom stereocenters. The largest absolute Gasteiger partial charge is 0.390 e. The Morgan fingerprint density at radius 3 is 2.22 bits per heavy atom. The molecule has 0 rings (SSSR count). The second-order valence-electron chi connectivity index (χ2n) is 2.01. The van der Waals surface area contributed by atoms with E-state index >= 15 is 0 Å². The van der Waals surface area contributed by atoms with Crippen LogP contribution in [0, 0.1) is 5.92 Å². The van der Waals surface area contributed by atoms with E-state index in [2.05, 4.69) is 9.98 Å². The average Bonchev–Trinajstić information content (AvgIpc) is 1.82. The summed E-state index contributed by atoms with van der Waals surface area (Å²) in [6, 6.07) is 0. The van der Waals surface area contributed by atoms with Crippen molar-refractivity contribution in [1.29, 1.82) is 0 Å². The van der Waals surface area contributed by atoms with Gasteiger partial charge in [0, 0.05) is 13.0 Å². The van der Waals surface area contributed by atoms with E-state index in [-0.39, 0.29) is 0 Å². The number of hydrogen-bond donors (Lipinski definition) is 1. The summed E-state index contributed by atoms with van der Waals surface area (Å²) in [5, 5.41) is 0. The van der Waals surface area contributed by atoms with Gasteiger partial charge in [-0.05, 0) is 0 Å². The van der Waals surface area contributed by atoms with Gasteiger partial charge in [0.2, 0.25) is 0 Å². The minimum Gasteiger partial charge on any atom is -0.390 e. The van der Waals surface area contributed by atoms with Crippen molar-refractivity contribution in [1.82, 2.24) is 0 Å². The summed E-state index contributed by atoms with van der Waals surface area (Å²) in [6.45, 7) is 4.05. The van der Waals surface area contributed by atoms with Gasteiger partial charge in [0.15, 0.2) is 0 Å². The quantitative estimate of drug-likeness (QED) is 0.408. The first-order valence-corrected chi connectivity index (χ1v) is 2.93. The lowest BCUT2D eigenvalue weighted by atomic mass is 10.2. The van der Waals surface area contributed by atoms with Crippen molar-refractivity contribution in [3.8, 4) is 0 Å². The fourth-order valence-electron chi connectivity index (χ4n) is 0.541. The summed E-state index contributed by atoms with van der Waals surface area (Å²) in [5.41, 5.74) is 5.07. The Morgan fingerprint density at radius 2 is 2.11 bits per heavy atom. The second-order valence-corrected chi connectivity index (χ2v) is 2.01. The fraction of sp³-hybridized carbons (Fsp3) is 0.667. The SMILES string of the molecule is C/N=C(\N=C/N)C(C)C. The molecule has 0 aromatic heterocycles. The van der Waals surface area contributed by atoms with Gasteiger partial charge in [0.25, 0.3) is 0 Å². The van der Waals surface area contributed by atoms with Crippen molar-refractivity contribution in [3.05, 3.63) is 0 Å². The van der Waals surface area contributed by atoms with E-state index in [9.17, 15) is 0 Å². The van der Waals surface area contributed by atoms with Crippen LogP contribution in [-0.2, 0) is 0 Å². The third kappa shape index (κ3) is 2.85. The van der Waals surface area contributed by atoms with Gasteiger partial charge < -0.3 is 5.73 Å². The molecule has 9 heavy (non-hydrogen) atoms. The number of rotatable bonds is 1. The van der Waals surface area contributed by atoms with Crippen molar-refractivity contribution in [2.75, 3.05) is 7.05 Å². The van der Waals surface area contributed by atoms with Gasteiger partial charge in [-0.1, -0.05) is 13.8 Å². The standard InChI is InChI=1S/C6H13N3/c1-5(2)6(8-3)9-4-7/h4-5H,1-3H3,(H2,7,8,9). The number of aliphatic imine (C=N–C) groups is 2. The first-order chi connectivity index (χ1) is 4.22. The summed E-state index contributed by atoms with van der Waals surface area (Å²) in [7, 11) is 1.71. The Labute approximate surface area is 55.7 Å². The van der Waals surface area contributed by atoms with Gasteiger partial charge in [-0.25, -0.2) is 4.99 Å². The van der Waals surface area contributed by atoms with Crippen LogP contribution >= 0.6 is 0 Å². The van der Waals surface area contributed by atoms with Crippen LogP contribution in [0.2, 0.25) is 0 Å². The zero-order chi connectivity index (χ0) is 7.28. The van der Waals surface area contributed by atoms with Crippen molar-refractivity contribution < 1.29 is 0 Å². The average molecular weight is 127 g/mol. The van der Waals surface area contributed by atoms with Crippen LogP contribution in [0.25, 0.3) is 0 Å². The molecule has 0 aliphatic rings. The van der Waals surface area contributed by atoms with Crippen LogP contribution in [0.3, 0.4) is 0 Å². The van der Waals surface area contributed by atoms with Crippen LogP contribution in [0.5, 0.6) is 0 Å². The van der Waals surface area contributed by atoms with Gasteiger partial charge in [-0.3, -0.25) is 4.99 Å². The maximum absolute atomic E-state index is 5.07. The Hall–Kier alpha value is -0.860. The van der Waals surface area contributed by atoms with Crippen molar-refractivity contribution >= 4 is 12.2 Å². The van der Waals surface area contributed by atoms with E-state index in [0.717, 1.165) is 5.84 Å². The van der Waals surface area contributed by atoms with Crippen LogP contribution in [0.15, 0.2) is 9.98 Å². The molecule has 2 N–H and O–H groups in total. The molecule has 0 aliphatic heterocycles. The van der Waals surface area contributed by atoms with Crippen molar-refractivity contribution in [2.24, 2.45) is 21.6 Å². The molecule has 0 aliphatic carbocycles. The Morgan fingerprint density at radius 1 is 1.56 bits per heavy atom. The molecule has 0 fully saturated rings. The molecule has 0 radical (unpaired) electrons. The minimum atomic E-state index is 0.356. The Bertz CT molecular complexity index is 124. The smallest absolute Gasteiger partial charge is 0.127 e. The molecule has 52 valence electrons. The Balaban J connectivity index is 4.01. The number of amidine groups is 1. The molecule has 0 spiro atoms. The summed E-state index contributed by atoms with van der Waals surface area (Å²) in [6.07, 6.45) is 1.27. The van der Waals surface area contributed by atoms with Crippen LogP contribution in [-0.4, -0.2) is 19.2 Å². The molecule has 0 saturated carbocycles. The maximum Gasteiger partial charge on any atom is 0.127 e. The predicted molar refractivity (Wildman–Crippen MR) is 40.9 cm³/mol. The summed E-state index contributed by atoms with van der Waals surface area (Å²) >= 11 is 0. The fourth-order valence-corrected chi connectivity index (χ4v) is 0.541. The monoisotopic (exact) mass is 127 g/mol. The van der Waals surface area contributed by atoms with E-state index in [0.29, 0.717) is 5.92 Å². The van der Waals surface area contributed by atoms with Gasteiger partial charge in [-0.15, -0.1) is 0 Å². The molecule has 0 bridgehead atoms. The number of nitrogens with zero attached hydrogens (tertiary/aromatic N) is 2. The zero-order valence-corrected chi connectivity index (χ0v) is 6.13. The molecule has 3 nitrogen and oxygen atoms in total. The molecule has 0 heterocycles. The third-order valence-electron chi connectivity index (χ3n) is 0.952. The summed E-state index contributed by atoms with van der Waals surface area (Å²) in [4.78, 5) is 7.76. The maximum atomic E-state index is 5.07. The molecule has 3 heteroatoms. The highest BCUT2D eigenvalue weighted by Gasteiger charge is 1.98. The topological polar surface area (TPSA) is 50.7 Å². The lowest BCUT2D eigenvalue weighted by Gasteiger charge is -2.00. The van der Waals surface area contributed by atoms with Crippen molar-refractivity contribution in [3.63, 3.8) is 0 Å².